The van der Waals surface area contributed by atoms with Gasteiger partial charge < -0.3 is 10.2 Å². The van der Waals surface area contributed by atoms with E-state index in [0.717, 1.165) is 32.6 Å². The topological polar surface area (TPSA) is 32.3 Å². The van der Waals surface area contributed by atoms with Gasteiger partial charge in [-0.3, -0.25) is 4.79 Å². The Labute approximate surface area is 122 Å². The molecule has 0 fully saturated rings. The first-order chi connectivity index (χ1) is 9.67. The molecule has 0 bridgehead atoms. The molecule has 1 aliphatic heterocycles. The molecule has 1 aromatic rings. The molecule has 2 rings (SSSR count). The molecule has 1 N–H and O–H groups in total. The van der Waals surface area contributed by atoms with Gasteiger partial charge in [0.1, 0.15) is 0 Å². The molecule has 2 unspecified atom stereocenters. The monoisotopic (exact) mass is 274 g/mol. The second kappa shape index (κ2) is 6.89. The van der Waals surface area contributed by atoms with Gasteiger partial charge >= 0.3 is 0 Å². The summed E-state index contributed by atoms with van der Waals surface area (Å²) in [5, 5.41) is 3.37. The Bertz CT molecular complexity index is 458. The molecule has 3 heteroatoms. The van der Waals surface area contributed by atoms with Crippen LogP contribution in [-0.4, -0.2) is 30.4 Å². The second-order valence-corrected chi connectivity index (χ2v) is 5.77. The molecule has 0 aliphatic carbocycles. The minimum atomic E-state index is -0.0241. The Morgan fingerprint density at radius 2 is 2.15 bits per heavy atom. The fourth-order valence-electron chi connectivity index (χ4n) is 2.82. The molecule has 110 valence electrons. The van der Waals surface area contributed by atoms with Gasteiger partial charge in [0, 0.05) is 26.2 Å². The zero-order chi connectivity index (χ0) is 14.5. The molecule has 0 radical (unpaired) electrons. The minimum Gasteiger partial charge on any atom is -0.342 e. The van der Waals surface area contributed by atoms with E-state index in [4.69, 9.17) is 0 Å². The lowest BCUT2D eigenvalue weighted by molar-refractivity contribution is -0.133. The number of hydrogen-bond donors (Lipinski definition) is 1. The van der Waals surface area contributed by atoms with Gasteiger partial charge in [0.15, 0.2) is 0 Å². The summed E-state index contributed by atoms with van der Waals surface area (Å²) in [7, 11) is 0. The van der Waals surface area contributed by atoms with Crippen LogP contribution in [0.25, 0.3) is 0 Å². The molecule has 0 aromatic heterocycles. The van der Waals surface area contributed by atoms with E-state index in [1.165, 1.54) is 11.1 Å². The van der Waals surface area contributed by atoms with Gasteiger partial charge in [0.2, 0.25) is 5.91 Å². The SMILES string of the molecule is CCC(C)CN(CC)C(=O)C1CNCc2ccccc21. The van der Waals surface area contributed by atoms with E-state index in [2.05, 4.69) is 38.2 Å². The van der Waals surface area contributed by atoms with Crippen LogP contribution in [0, 0.1) is 5.92 Å². The van der Waals surface area contributed by atoms with Crippen LogP contribution in [0.5, 0.6) is 0 Å². The van der Waals surface area contributed by atoms with Crippen LogP contribution in [0.1, 0.15) is 44.2 Å². The third kappa shape index (κ3) is 3.21. The van der Waals surface area contributed by atoms with Crippen molar-refractivity contribution >= 4 is 5.91 Å². The smallest absolute Gasteiger partial charge is 0.231 e. The molecule has 3 nitrogen and oxygen atoms in total. The number of nitrogens with zero attached hydrogens (tertiary/aromatic N) is 1. The highest BCUT2D eigenvalue weighted by Gasteiger charge is 2.29. The first-order valence-electron chi connectivity index (χ1n) is 7.74. The third-order valence-corrected chi connectivity index (χ3v) is 4.31. The van der Waals surface area contributed by atoms with Crippen molar-refractivity contribution in [3.05, 3.63) is 35.4 Å². The summed E-state index contributed by atoms with van der Waals surface area (Å²) in [6.45, 7) is 9.75. The Hall–Kier alpha value is -1.35. The van der Waals surface area contributed by atoms with Crippen molar-refractivity contribution in [1.82, 2.24) is 10.2 Å². The molecule has 2 atom stereocenters. The molecule has 1 heterocycles. The van der Waals surface area contributed by atoms with E-state index < -0.39 is 0 Å². The number of hydrogen-bond acceptors (Lipinski definition) is 2. The molecule has 0 saturated carbocycles. The largest absolute Gasteiger partial charge is 0.342 e. The van der Waals surface area contributed by atoms with Crippen LogP contribution in [0.15, 0.2) is 24.3 Å². The maximum Gasteiger partial charge on any atom is 0.231 e. The zero-order valence-corrected chi connectivity index (χ0v) is 12.9. The Balaban J connectivity index is 2.16. The van der Waals surface area contributed by atoms with Gasteiger partial charge in [0.25, 0.3) is 0 Å². The van der Waals surface area contributed by atoms with Gasteiger partial charge in [-0.2, -0.15) is 0 Å². The minimum absolute atomic E-state index is 0.0241. The van der Waals surface area contributed by atoms with Gasteiger partial charge in [0.05, 0.1) is 5.92 Å². The van der Waals surface area contributed by atoms with Crippen molar-refractivity contribution in [3.63, 3.8) is 0 Å². The Kier molecular flexibility index (Phi) is 5.18. The van der Waals surface area contributed by atoms with Crippen molar-refractivity contribution < 1.29 is 4.79 Å². The number of fused-ring (bicyclic) bond motifs is 1. The van der Waals surface area contributed by atoms with E-state index in [1.807, 2.05) is 17.0 Å². The third-order valence-electron chi connectivity index (χ3n) is 4.31. The van der Waals surface area contributed by atoms with Gasteiger partial charge in [-0.15, -0.1) is 0 Å². The van der Waals surface area contributed by atoms with Crippen LogP contribution >= 0.6 is 0 Å². The number of rotatable bonds is 5. The van der Waals surface area contributed by atoms with Crippen molar-refractivity contribution in [3.8, 4) is 0 Å². The average Bonchev–Trinajstić information content (AvgIpc) is 2.51. The number of carbonyl (C=O) groups excluding carboxylic acids is 1. The van der Waals surface area contributed by atoms with Crippen LogP contribution in [0.2, 0.25) is 0 Å². The first kappa shape index (κ1) is 15.0. The van der Waals surface area contributed by atoms with Gasteiger partial charge in [-0.05, 0) is 24.0 Å². The highest BCUT2D eigenvalue weighted by Crippen LogP contribution is 2.26. The number of benzene rings is 1. The number of carbonyl (C=O) groups is 1. The summed E-state index contributed by atoms with van der Waals surface area (Å²) in [6, 6.07) is 8.31. The lowest BCUT2D eigenvalue weighted by Gasteiger charge is -2.32. The molecule has 0 spiro atoms. The van der Waals surface area contributed by atoms with Crippen molar-refractivity contribution in [2.75, 3.05) is 19.6 Å². The van der Waals surface area contributed by atoms with E-state index in [9.17, 15) is 4.79 Å². The van der Waals surface area contributed by atoms with Crippen LogP contribution in [-0.2, 0) is 11.3 Å². The van der Waals surface area contributed by atoms with Crippen molar-refractivity contribution in [1.29, 1.82) is 0 Å². The van der Waals surface area contributed by atoms with E-state index >= 15 is 0 Å². The van der Waals surface area contributed by atoms with Crippen molar-refractivity contribution in [2.45, 2.75) is 39.7 Å². The summed E-state index contributed by atoms with van der Waals surface area (Å²) in [4.78, 5) is 14.8. The summed E-state index contributed by atoms with van der Waals surface area (Å²) in [6.07, 6.45) is 1.11. The average molecular weight is 274 g/mol. The molecule has 1 amide bonds. The molecule has 0 saturated heterocycles. The Morgan fingerprint density at radius 1 is 1.40 bits per heavy atom. The fraction of sp³-hybridized carbons (Fsp3) is 0.588. The standard InChI is InChI=1S/C17H26N2O/c1-4-13(3)12-19(5-2)17(20)16-11-18-10-14-8-6-7-9-15(14)16/h6-9,13,16,18H,4-5,10-12H2,1-3H3. The quantitative estimate of drug-likeness (QED) is 0.895. The number of likely N-dealkylation sites (N-methyl/N-ethyl adjacent to an activating group) is 1. The summed E-state index contributed by atoms with van der Waals surface area (Å²) < 4.78 is 0. The molecule has 1 aliphatic rings. The van der Waals surface area contributed by atoms with Crippen LogP contribution in [0.3, 0.4) is 0 Å². The maximum absolute atomic E-state index is 12.8. The van der Waals surface area contributed by atoms with E-state index in [-0.39, 0.29) is 11.8 Å². The van der Waals surface area contributed by atoms with Crippen LogP contribution < -0.4 is 5.32 Å². The highest BCUT2D eigenvalue weighted by molar-refractivity contribution is 5.84. The predicted molar refractivity (Wildman–Crippen MR) is 82.6 cm³/mol. The van der Waals surface area contributed by atoms with Crippen molar-refractivity contribution in [2.24, 2.45) is 5.92 Å². The molecule has 1 aromatic carbocycles. The lowest BCUT2D eigenvalue weighted by Crippen LogP contribution is -2.43. The normalized spacial score (nSPS) is 19.2. The Morgan fingerprint density at radius 3 is 2.85 bits per heavy atom. The van der Waals surface area contributed by atoms with Gasteiger partial charge in [-0.25, -0.2) is 0 Å². The van der Waals surface area contributed by atoms with E-state index in [1.54, 1.807) is 0 Å². The first-order valence-corrected chi connectivity index (χ1v) is 7.74. The highest BCUT2D eigenvalue weighted by atomic mass is 16.2. The predicted octanol–water partition coefficient (Wildman–Crippen LogP) is 2.77. The number of amides is 1. The van der Waals surface area contributed by atoms with E-state index in [0.29, 0.717) is 5.92 Å². The molecular formula is C17H26N2O. The van der Waals surface area contributed by atoms with Crippen LogP contribution in [0.4, 0.5) is 0 Å². The second-order valence-electron chi connectivity index (χ2n) is 5.77. The fourth-order valence-corrected chi connectivity index (χ4v) is 2.82. The zero-order valence-electron chi connectivity index (χ0n) is 12.9. The number of nitrogens with one attached hydrogen (secondary N) is 1. The summed E-state index contributed by atoms with van der Waals surface area (Å²) in [5.74, 6) is 0.807. The van der Waals surface area contributed by atoms with Gasteiger partial charge in [-0.1, -0.05) is 44.5 Å². The molecule has 20 heavy (non-hydrogen) atoms. The summed E-state index contributed by atoms with van der Waals surface area (Å²) >= 11 is 0. The summed E-state index contributed by atoms with van der Waals surface area (Å²) in [5.41, 5.74) is 2.47. The lowest BCUT2D eigenvalue weighted by atomic mass is 9.89. The maximum atomic E-state index is 12.8. The molecular weight excluding hydrogens is 248 g/mol.